The molecule has 0 aliphatic carbocycles. The molecule has 0 bridgehead atoms. The number of carbonyl (C=O) groups is 1. The van der Waals surface area contributed by atoms with Crippen LogP contribution in [0, 0.1) is 0 Å². The summed E-state index contributed by atoms with van der Waals surface area (Å²) >= 11 is 0. The number of rotatable bonds is 4. The number of aliphatic hydroxyl groups is 2. The number of amides is 1. The maximum absolute atomic E-state index is 12.7. The van der Waals surface area contributed by atoms with Crippen molar-refractivity contribution in [2.75, 3.05) is 45.8 Å². The van der Waals surface area contributed by atoms with Gasteiger partial charge in [0.1, 0.15) is 5.60 Å². The van der Waals surface area contributed by atoms with Crippen LogP contribution in [0.4, 0.5) is 0 Å². The van der Waals surface area contributed by atoms with Crippen molar-refractivity contribution < 1.29 is 23.4 Å². The minimum absolute atomic E-state index is 0.0180. The molecule has 2 fully saturated rings. The molecule has 2 aliphatic rings. The van der Waals surface area contributed by atoms with Crippen molar-refractivity contribution in [3.63, 3.8) is 0 Å². The number of nitrogens with zero attached hydrogens (tertiary/aromatic N) is 3. The van der Waals surface area contributed by atoms with Gasteiger partial charge in [0.2, 0.25) is 15.9 Å². The molecule has 2 aliphatic heterocycles. The van der Waals surface area contributed by atoms with E-state index in [9.17, 15) is 23.4 Å². The van der Waals surface area contributed by atoms with Gasteiger partial charge in [-0.05, 0) is 12.1 Å². The quantitative estimate of drug-likeness (QED) is 0.688. The highest BCUT2D eigenvalue weighted by atomic mass is 32.2. The van der Waals surface area contributed by atoms with Gasteiger partial charge in [-0.25, -0.2) is 8.42 Å². The average Bonchev–Trinajstić information content (AvgIpc) is 2.91. The van der Waals surface area contributed by atoms with Gasteiger partial charge in [-0.15, -0.1) is 0 Å². The van der Waals surface area contributed by atoms with Crippen LogP contribution in [0.1, 0.15) is 6.92 Å². The van der Waals surface area contributed by atoms with Gasteiger partial charge in [-0.3, -0.25) is 9.69 Å². The molecule has 1 amide bonds. The van der Waals surface area contributed by atoms with Gasteiger partial charge in [-0.2, -0.15) is 4.31 Å². The summed E-state index contributed by atoms with van der Waals surface area (Å²) in [5.74, 6) is 0.0180. The minimum Gasteiger partial charge on any atom is -0.389 e. The molecule has 2 saturated heterocycles. The molecule has 8 nitrogen and oxygen atoms in total. The molecule has 0 aromatic heterocycles. The van der Waals surface area contributed by atoms with Crippen LogP contribution in [-0.4, -0.2) is 96.2 Å². The normalized spacial score (nSPS) is 28.4. The summed E-state index contributed by atoms with van der Waals surface area (Å²) in [6.07, 6.45) is -1.16. The Hall–Kier alpha value is -1.52. The lowest BCUT2D eigenvalue weighted by Crippen LogP contribution is -2.56. The van der Waals surface area contributed by atoms with E-state index in [4.69, 9.17) is 0 Å². The van der Waals surface area contributed by atoms with Crippen LogP contribution in [-0.2, 0) is 14.8 Å². The van der Waals surface area contributed by atoms with Crippen LogP contribution < -0.4 is 0 Å². The van der Waals surface area contributed by atoms with E-state index in [2.05, 4.69) is 0 Å². The number of hydrogen-bond donors (Lipinski definition) is 2. The van der Waals surface area contributed by atoms with Crippen LogP contribution in [0.3, 0.4) is 0 Å². The number of piperazine rings is 1. The van der Waals surface area contributed by atoms with Crippen molar-refractivity contribution >= 4 is 15.9 Å². The number of benzene rings is 1. The van der Waals surface area contributed by atoms with Crippen molar-refractivity contribution in [1.29, 1.82) is 0 Å². The second-order valence-corrected chi connectivity index (χ2v) is 8.95. The van der Waals surface area contributed by atoms with Crippen molar-refractivity contribution in [3.05, 3.63) is 30.3 Å². The molecule has 0 spiro atoms. The van der Waals surface area contributed by atoms with Crippen molar-refractivity contribution in [2.45, 2.75) is 23.5 Å². The highest BCUT2D eigenvalue weighted by Crippen LogP contribution is 2.28. The number of sulfonamides is 1. The first kappa shape index (κ1) is 19.2. The average molecular weight is 383 g/mol. The third-order valence-electron chi connectivity index (χ3n) is 5.14. The Labute approximate surface area is 153 Å². The molecule has 2 N–H and O–H groups in total. The Morgan fingerprint density at radius 1 is 1.19 bits per heavy atom. The van der Waals surface area contributed by atoms with Crippen LogP contribution in [0.2, 0.25) is 0 Å². The van der Waals surface area contributed by atoms with E-state index in [1.54, 1.807) is 23.1 Å². The zero-order chi connectivity index (χ0) is 18.9. The predicted octanol–water partition coefficient (Wildman–Crippen LogP) is -1.05. The summed E-state index contributed by atoms with van der Waals surface area (Å²) in [6.45, 7) is 3.69. The van der Waals surface area contributed by atoms with E-state index < -0.39 is 21.7 Å². The molecule has 0 saturated carbocycles. The number of β-amino-alcohol motifs (C(OH)–C–C–N with tert-alkyl or cyclic N) is 2. The van der Waals surface area contributed by atoms with E-state index in [0.29, 0.717) is 26.2 Å². The van der Waals surface area contributed by atoms with E-state index in [1.165, 1.54) is 19.1 Å². The second kappa shape index (κ2) is 7.24. The molecule has 1 aromatic carbocycles. The Bertz CT molecular complexity index is 749. The van der Waals surface area contributed by atoms with Crippen LogP contribution in [0.15, 0.2) is 35.2 Å². The molecule has 0 radical (unpaired) electrons. The Balaban J connectivity index is 1.67. The fourth-order valence-corrected chi connectivity index (χ4v) is 5.06. The monoisotopic (exact) mass is 383 g/mol. The summed E-state index contributed by atoms with van der Waals surface area (Å²) in [7, 11) is -3.76. The van der Waals surface area contributed by atoms with Gasteiger partial charge in [0.05, 0.1) is 11.0 Å². The molecule has 2 atom stereocenters. The van der Waals surface area contributed by atoms with E-state index in [0.717, 1.165) is 4.31 Å². The third kappa shape index (κ3) is 3.77. The first-order chi connectivity index (χ1) is 12.2. The van der Waals surface area contributed by atoms with Crippen LogP contribution >= 0.6 is 0 Å². The zero-order valence-corrected chi connectivity index (χ0v) is 15.6. The first-order valence-corrected chi connectivity index (χ1v) is 10.1. The van der Waals surface area contributed by atoms with Crippen molar-refractivity contribution in [3.8, 4) is 0 Å². The number of carbonyl (C=O) groups excluding carboxylic acids is 1. The maximum Gasteiger partial charge on any atom is 0.243 e. The fourth-order valence-electron chi connectivity index (χ4n) is 3.53. The third-order valence-corrected chi connectivity index (χ3v) is 6.97. The summed E-state index contributed by atoms with van der Waals surface area (Å²) in [5, 5.41) is 21.2. The molecule has 1 aromatic rings. The molecule has 3 rings (SSSR count). The molecule has 26 heavy (non-hydrogen) atoms. The Morgan fingerprint density at radius 2 is 1.81 bits per heavy atom. The summed E-state index contributed by atoms with van der Waals surface area (Å²) in [6, 6.07) is 8.01. The molecular weight excluding hydrogens is 358 g/mol. The molecular formula is C17H25N3O5S. The van der Waals surface area contributed by atoms with Gasteiger partial charge in [0, 0.05) is 52.7 Å². The zero-order valence-electron chi connectivity index (χ0n) is 14.8. The van der Waals surface area contributed by atoms with Gasteiger partial charge < -0.3 is 15.1 Å². The van der Waals surface area contributed by atoms with Gasteiger partial charge in [-0.1, -0.05) is 18.2 Å². The van der Waals surface area contributed by atoms with Gasteiger partial charge in [0.25, 0.3) is 0 Å². The van der Waals surface area contributed by atoms with Gasteiger partial charge in [0.15, 0.2) is 0 Å². The fraction of sp³-hybridized carbons (Fsp3) is 0.588. The smallest absolute Gasteiger partial charge is 0.243 e. The highest BCUT2D eigenvalue weighted by Gasteiger charge is 2.49. The highest BCUT2D eigenvalue weighted by molar-refractivity contribution is 7.89. The summed E-state index contributed by atoms with van der Waals surface area (Å²) in [4.78, 5) is 15.2. The number of aliphatic hydroxyl groups excluding tert-OH is 1. The first-order valence-electron chi connectivity index (χ1n) is 8.66. The Kier molecular flexibility index (Phi) is 5.36. The lowest BCUT2D eigenvalue weighted by atomic mass is 9.99. The predicted molar refractivity (Wildman–Crippen MR) is 94.9 cm³/mol. The van der Waals surface area contributed by atoms with E-state index >= 15 is 0 Å². The van der Waals surface area contributed by atoms with Gasteiger partial charge >= 0.3 is 0 Å². The maximum atomic E-state index is 12.7. The lowest BCUT2D eigenvalue weighted by molar-refractivity contribution is -0.131. The molecule has 9 heteroatoms. The van der Waals surface area contributed by atoms with Crippen molar-refractivity contribution in [1.82, 2.24) is 14.1 Å². The van der Waals surface area contributed by atoms with Crippen LogP contribution in [0.5, 0.6) is 0 Å². The van der Waals surface area contributed by atoms with E-state index in [-0.39, 0.29) is 30.4 Å². The standard InChI is InChI=1S/C17H25N3O5S/c1-14(21)19-9-7-18(8-10-19)12-17(23)13-20(11-16(17)22)26(24,25)15-5-3-2-4-6-15/h2-6,16,22-23H,7-13H2,1H3/t16-,17+/m1/s1. The lowest BCUT2D eigenvalue weighted by Gasteiger charge is -2.38. The summed E-state index contributed by atoms with van der Waals surface area (Å²) < 4.78 is 26.6. The number of hydrogen-bond acceptors (Lipinski definition) is 6. The molecule has 0 unspecified atom stereocenters. The minimum atomic E-state index is -3.76. The topological polar surface area (TPSA) is 101 Å². The largest absolute Gasteiger partial charge is 0.389 e. The SMILES string of the molecule is CC(=O)N1CCN(C[C@]2(O)CN(S(=O)(=O)c3ccccc3)C[C@H]2O)CC1. The molecule has 2 heterocycles. The molecule has 144 valence electrons. The summed E-state index contributed by atoms with van der Waals surface area (Å²) in [5.41, 5.74) is -1.53. The van der Waals surface area contributed by atoms with Crippen molar-refractivity contribution in [2.24, 2.45) is 0 Å². The van der Waals surface area contributed by atoms with Crippen LogP contribution in [0.25, 0.3) is 0 Å². The van der Waals surface area contributed by atoms with E-state index in [1.807, 2.05) is 4.90 Å². The second-order valence-electron chi connectivity index (χ2n) is 7.01. The Morgan fingerprint density at radius 3 is 2.38 bits per heavy atom.